The van der Waals surface area contributed by atoms with Gasteiger partial charge in [-0.2, -0.15) is 0 Å². The van der Waals surface area contributed by atoms with Crippen LogP contribution in [-0.2, 0) is 4.79 Å². The number of hydrogen-bond donors (Lipinski definition) is 2. The van der Waals surface area contributed by atoms with Gasteiger partial charge in [-0.3, -0.25) is 5.43 Å². The van der Waals surface area contributed by atoms with E-state index in [2.05, 4.69) is 42.0 Å². The lowest BCUT2D eigenvalue weighted by molar-refractivity contribution is -0.111. The van der Waals surface area contributed by atoms with Crippen LogP contribution in [0.3, 0.4) is 0 Å². The molecule has 0 amide bonds. The summed E-state index contributed by atoms with van der Waals surface area (Å²) < 4.78 is 0. The summed E-state index contributed by atoms with van der Waals surface area (Å²) in [6.07, 6.45) is 1.01. The molecule has 0 aliphatic carbocycles. The first-order valence-electron chi connectivity index (χ1n) is 4.81. The molecule has 2 N–H and O–H groups in total. The van der Waals surface area contributed by atoms with Gasteiger partial charge in [-0.1, -0.05) is 29.8 Å². The first-order valence-corrected chi connectivity index (χ1v) is 4.81. The highest BCUT2D eigenvalue weighted by Gasteiger charge is 2.27. The monoisotopic (exact) mass is 190 g/mol. The van der Waals surface area contributed by atoms with Crippen molar-refractivity contribution in [2.75, 3.05) is 6.54 Å². The maximum atomic E-state index is 10.8. The zero-order valence-electron chi connectivity index (χ0n) is 8.16. The molecular weight excluding hydrogens is 176 g/mol. The van der Waals surface area contributed by atoms with Gasteiger partial charge in [0.2, 0.25) is 0 Å². The van der Waals surface area contributed by atoms with E-state index in [1.807, 2.05) is 0 Å². The van der Waals surface area contributed by atoms with Crippen LogP contribution in [0.15, 0.2) is 24.3 Å². The normalized spacial score (nSPS) is 26.4. The van der Waals surface area contributed by atoms with Crippen LogP contribution in [0.4, 0.5) is 0 Å². The van der Waals surface area contributed by atoms with Crippen molar-refractivity contribution in [3.63, 3.8) is 0 Å². The Morgan fingerprint density at radius 3 is 2.71 bits per heavy atom. The molecule has 14 heavy (non-hydrogen) atoms. The van der Waals surface area contributed by atoms with Crippen LogP contribution >= 0.6 is 0 Å². The fourth-order valence-electron chi connectivity index (χ4n) is 1.74. The van der Waals surface area contributed by atoms with Crippen molar-refractivity contribution in [3.8, 4) is 0 Å². The average Bonchev–Trinajstić information content (AvgIpc) is 2.67. The number of aldehydes is 1. The lowest BCUT2D eigenvalue weighted by Gasteiger charge is -2.13. The molecule has 1 aromatic rings. The largest absolute Gasteiger partial charge is 0.303 e. The second kappa shape index (κ2) is 3.90. The molecule has 0 spiro atoms. The summed E-state index contributed by atoms with van der Waals surface area (Å²) in [7, 11) is 0. The maximum absolute atomic E-state index is 10.8. The smallest absolute Gasteiger partial charge is 0.126 e. The molecule has 1 aliphatic heterocycles. The molecule has 2 atom stereocenters. The van der Waals surface area contributed by atoms with Crippen LogP contribution in [-0.4, -0.2) is 12.8 Å². The molecule has 3 nitrogen and oxygen atoms in total. The van der Waals surface area contributed by atoms with Crippen LogP contribution in [0.1, 0.15) is 17.2 Å². The highest BCUT2D eigenvalue weighted by molar-refractivity contribution is 5.56. The molecule has 1 fully saturated rings. The second-order valence-electron chi connectivity index (χ2n) is 3.71. The van der Waals surface area contributed by atoms with Crippen molar-refractivity contribution in [2.24, 2.45) is 5.92 Å². The number of hydrazine groups is 1. The first-order chi connectivity index (χ1) is 6.81. The van der Waals surface area contributed by atoms with E-state index in [0.717, 1.165) is 11.8 Å². The van der Waals surface area contributed by atoms with Gasteiger partial charge in [-0.05, 0) is 12.5 Å². The van der Waals surface area contributed by atoms with Crippen LogP contribution in [0.5, 0.6) is 0 Å². The fraction of sp³-hybridized carbons (Fsp3) is 0.364. The van der Waals surface area contributed by atoms with Gasteiger partial charge < -0.3 is 4.79 Å². The molecule has 3 heteroatoms. The second-order valence-corrected chi connectivity index (χ2v) is 3.71. The summed E-state index contributed by atoms with van der Waals surface area (Å²) in [6, 6.07) is 8.38. The Hall–Kier alpha value is -1.19. The van der Waals surface area contributed by atoms with Gasteiger partial charge >= 0.3 is 0 Å². The predicted molar refractivity (Wildman–Crippen MR) is 54.6 cm³/mol. The molecule has 1 heterocycles. The van der Waals surface area contributed by atoms with E-state index in [1.165, 1.54) is 5.56 Å². The van der Waals surface area contributed by atoms with Gasteiger partial charge in [-0.15, -0.1) is 0 Å². The van der Waals surface area contributed by atoms with Gasteiger partial charge in [-0.25, -0.2) is 5.43 Å². The predicted octanol–water partition coefficient (Wildman–Crippen LogP) is 0.959. The zero-order valence-corrected chi connectivity index (χ0v) is 8.16. The molecule has 1 aliphatic rings. The maximum Gasteiger partial charge on any atom is 0.126 e. The van der Waals surface area contributed by atoms with Gasteiger partial charge in [0.15, 0.2) is 0 Å². The van der Waals surface area contributed by atoms with Crippen molar-refractivity contribution in [1.29, 1.82) is 0 Å². The Morgan fingerprint density at radius 2 is 2.07 bits per heavy atom. The summed E-state index contributed by atoms with van der Waals surface area (Å²) >= 11 is 0. The number of aryl methyl sites for hydroxylation is 1. The SMILES string of the molecule is Cc1ccc(C2NNCC2C=O)cc1. The fourth-order valence-corrected chi connectivity index (χ4v) is 1.74. The number of carbonyl (C=O) groups excluding carboxylic acids is 1. The average molecular weight is 190 g/mol. The summed E-state index contributed by atoms with van der Waals surface area (Å²) in [6.45, 7) is 2.77. The molecule has 0 aromatic heterocycles. The van der Waals surface area contributed by atoms with Crippen molar-refractivity contribution in [1.82, 2.24) is 10.9 Å². The third kappa shape index (κ3) is 1.69. The number of benzene rings is 1. The van der Waals surface area contributed by atoms with Crippen molar-refractivity contribution in [3.05, 3.63) is 35.4 Å². The van der Waals surface area contributed by atoms with Crippen LogP contribution in [0.25, 0.3) is 0 Å². The lowest BCUT2D eigenvalue weighted by Crippen LogP contribution is -2.25. The van der Waals surface area contributed by atoms with E-state index in [9.17, 15) is 4.79 Å². The molecule has 0 bridgehead atoms. The highest BCUT2D eigenvalue weighted by Crippen LogP contribution is 2.23. The van der Waals surface area contributed by atoms with Gasteiger partial charge in [0, 0.05) is 12.5 Å². The molecule has 2 unspecified atom stereocenters. The summed E-state index contributed by atoms with van der Waals surface area (Å²) in [5.41, 5.74) is 8.52. The Bertz CT molecular complexity index is 321. The molecule has 74 valence electrons. The summed E-state index contributed by atoms with van der Waals surface area (Å²) in [4.78, 5) is 10.8. The Morgan fingerprint density at radius 1 is 1.36 bits per heavy atom. The van der Waals surface area contributed by atoms with Gasteiger partial charge in [0.1, 0.15) is 6.29 Å². The standard InChI is InChI=1S/C11H14N2O/c1-8-2-4-9(5-3-8)11-10(7-14)6-12-13-11/h2-5,7,10-13H,6H2,1H3. The Kier molecular flexibility index (Phi) is 2.61. The highest BCUT2D eigenvalue weighted by atomic mass is 16.1. The molecular formula is C11H14N2O. The van der Waals surface area contributed by atoms with Crippen LogP contribution in [0, 0.1) is 12.8 Å². The van der Waals surface area contributed by atoms with E-state index < -0.39 is 0 Å². The minimum absolute atomic E-state index is 0.0395. The van der Waals surface area contributed by atoms with E-state index >= 15 is 0 Å². The van der Waals surface area contributed by atoms with Crippen LogP contribution in [0.2, 0.25) is 0 Å². The van der Waals surface area contributed by atoms with Crippen molar-refractivity contribution >= 4 is 6.29 Å². The summed E-state index contributed by atoms with van der Waals surface area (Å²) in [5, 5.41) is 0. The van der Waals surface area contributed by atoms with E-state index in [-0.39, 0.29) is 12.0 Å². The molecule has 1 aromatic carbocycles. The van der Waals surface area contributed by atoms with Gasteiger partial charge in [0.25, 0.3) is 0 Å². The molecule has 0 radical (unpaired) electrons. The number of hydrogen-bond acceptors (Lipinski definition) is 3. The molecule has 0 saturated carbocycles. The zero-order chi connectivity index (χ0) is 9.97. The molecule has 2 rings (SSSR count). The number of carbonyl (C=O) groups is 1. The number of nitrogens with one attached hydrogen (secondary N) is 2. The van der Waals surface area contributed by atoms with E-state index in [1.54, 1.807) is 0 Å². The van der Waals surface area contributed by atoms with Crippen molar-refractivity contribution < 1.29 is 4.79 Å². The quantitative estimate of drug-likeness (QED) is 0.682. The minimum atomic E-state index is 0.0395. The third-order valence-electron chi connectivity index (χ3n) is 2.63. The Labute approximate surface area is 83.5 Å². The van der Waals surface area contributed by atoms with E-state index in [0.29, 0.717) is 6.54 Å². The van der Waals surface area contributed by atoms with E-state index in [4.69, 9.17) is 0 Å². The Balaban J connectivity index is 2.21. The first kappa shape index (κ1) is 9.37. The summed E-state index contributed by atoms with van der Waals surface area (Å²) in [5.74, 6) is 0.0395. The lowest BCUT2D eigenvalue weighted by atomic mass is 9.96. The third-order valence-corrected chi connectivity index (χ3v) is 2.63. The molecule has 1 saturated heterocycles. The minimum Gasteiger partial charge on any atom is -0.303 e. The number of rotatable bonds is 2. The van der Waals surface area contributed by atoms with Gasteiger partial charge in [0.05, 0.1) is 6.04 Å². The van der Waals surface area contributed by atoms with Crippen LogP contribution < -0.4 is 10.9 Å². The topological polar surface area (TPSA) is 41.1 Å². The van der Waals surface area contributed by atoms with Crippen molar-refractivity contribution in [2.45, 2.75) is 13.0 Å².